The average Bonchev–Trinajstić information content (AvgIpc) is 3.08. The van der Waals surface area contributed by atoms with E-state index in [9.17, 15) is 9.90 Å². The van der Waals surface area contributed by atoms with E-state index in [1.807, 2.05) is 30.4 Å². The van der Waals surface area contributed by atoms with Crippen molar-refractivity contribution in [1.82, 2.24) is 0 Å². The second-order valence-electron chi connectivity index (χ2n) is 21.4. The van der Waals surface area contributed by atoms with E-state index < -0.39 is 61.4 Å². The molecule has 0 bridgehead atoms. The van der Waals surface area contributed by atoms with Crippen LogP contribution in [0.15, 0.2) is 53.5 Å². The number of aliphatic hydroxyl groups is 1. The lowest BCUT2D eigenvalue weighted by atomic mass is 9.87. The summed E-state index contributed by atoms with van der Waals surface area (Å²) < 4.78 is 43.4. The first-order valence-electron chi connectivity index (χ1n) is 21.8. The second kappa shape index (κ2) is 20.5. The van der Waals surface area contributed by atoms with Gasteiger partial charge in [-0.05, 0) is 103 Å². The highest BCUT2D eigenvalue weighted by atomic mass is 79.9. The summed E-state index contributed by atoms with van der Waals surface area (Å²) in [7, 11) is -7.18. The van der Waals surface area contributed by atoms with Crippen molar-refractivity contribution >= 4 is 46.9 Å². The van der Waals surface area contributed by atoms with Crippen LogP contribution in [0.1, 0.15) is 125 Å². The molecule has 2 saturated heterocycles. The molecular formula is C46H81BrO8Si3. The molecule has 58 heavy (non-hydrogen) atoms. The molecule has 0 radical (unpaired) electrons. The summed E-state index contributed by atoms with van der Waals surface area (Å²) in [5.74, 6) is -0.394. The lowest BCUT2D eigenvalue weighted by Crippen LogP contribution is -2.69. The Balaban J connectivity index is 2.10. The van der Waals surface area contributed by atoms with Crippen LogP contribution < -0.4 is 0 Å². The van der Waals surface area contributed by atoms with Crippen LogP contribution in [0.3, 0.4) is 0 Å². The van der Waals surface area contributed by atoms with Gasteiger partial charge in [0.1, 0.15) is 30.5 Å². The number of halogens is 1. The van der Waals surface area contributed by atoms with Crippen molar-refractivity contribution in [1.29, 1.82) is 0 Å². The lowest BCUT2D eigenvalue weighted by molar-refractivity contribution is -0.267. The van der Waals surface area contributed by atoms with E-state index in [0.29, 0.717) is 24.8 Å². The number of rotatable bonds is 18. The van der Waals surface area contributed by atoms with Gasteiger partial charge >= 0.3 is 5.97 Å². The molecule has 0 aliphatic carbocycles. The zero-order valence-electron chi connectivity index (χ0n) is 39.1. The standard InChI is InChI=1S/C46H81BrO8Si3/c1-18-22-35-28-30-37-39(50-35)41(54-57(14,15)45(6,7)8)42(55-58(16,17)46(9,10)11)40(52-37)38(53-56(12,13)44(3,4)5)29-26-34(48)25-27-36(31-32(2)47)51-43(49)33-23-20-19-21-24-33/h19-21,23-24,26,29,34-42,48H,2,18,22,25,27-28,30-31H2,1,3-17H3/b29-26+/t34?,35-,36-,37-,38-,39-,40-,41-,42+/m0/s1. The summed E-state index contributed by atoms with van der Waals surface area (Å²) in [6, 6.07) is 8.98. The van der Waals surface area contributed by atoms with Crippen LogP contribution in [0.2, 0.25) is 54.4 Å². The lowest BCUT2D eigenvalue weighted by Gasteiger charge is -2.56. The maximum atomic E-state index is 13.0. The van der Waals surface area contributed by atoms with Crippen LogP contribution in [-0.2, 0) is 27.5 Å². The SMILES string of the molecule is C=C(Br)C[C@H](CCC(O)/C=C/[C@H](O[Si](C)(C)C(C)(C)C)[C@@H]1O[C@H]2CC[C@H](CCC)O[C@@H]2[C@H](O[Si](C)(C)C(C)(C)C)[C@@H]1O[Si](C)(C)C(C)(C)C)OC(=O)c1ccccc1. The van der Waals surface area contributed by atoms with E-state index in [2.05, 4.69) is 131 Å². The largest absolute Gasteiger partial charge is 0.458 e. The Morgan fingerprint density at radius 2 is 1.40 bits per heavy atom. The van der Waals surface area contributed by atoms with Gasteiger partial charge in [0.2, 0.25) is 0 Å². The minimum absolute atomic E-state index is 0.0369. The van der Waals surface area contributed by atoms with Gasteiger partial charge in [0.25, 0.3) is 0 Å². The number of ether oxygens (including phenoxy) is 3. The maximum Gasteiger partial charge on any atom is 0.338 e. The predicted molar refractivity (Wildman–Crippen MR) is 250 cm³/mol. The number of fused-ring (bicyclic) bond motifs is 1. The van der Waals surface area contributed by atoms with Crippen molar-refractivity contribution < 1.29 is 37.4 Å². The molecule has 2 aliphatic rings. The molecule has 1 aromatic rings. The molecule has 0 saturated carbocycles. The zero-order chi connectivity index (χ0) is 44.1. The van der Waals surface area contributed by atoms with Crippen molar-refractivity contribution in [2.24, 2.45) is 0 Å². The molecule has 1 unspecified atom stereocenters. The number of esters is 1. The molecule has 0 aromatic heterocycles. The topological polar surface area (TPSA) is 92.7 Å². The first-order chi connectivity index (χ1) is 26.5. The molecule has 0 amide bonds. The van der Waals surface area contributed by atoms with Crippen molar-refractivity contribution in [3.63, 3.8) is 0 Å². The monoisotopic (exact) mass is 924 g/mol. The Morgan fingerprint density at radius 1 is 0.845 bits per heavy atom. The molecule has 8 nitrogen and oxygen atoms in total. The Hall–Kier alpha value is -0.939. The highest BCUT2D eigenvalue weighted by Crippen LogP contribution is 2.47. The van der Waals surface area contributed by atoms with Crippen molar-refractivity contribution in [3.8, 4) is 0 Å². The molecule has 1 N–H and O–H groups in total. The van der Waals surface area contributed by atoms with Gasteiger partial charge in [-0.1, -0.05) is 129 Å². The van der Waals surface area contributed by atoms with Gasteiger partial charge in [-0.3, -0.25) is 0 Å². The predicted octanol–water partition coefficient (Wildman–Crippen LogP) is 12.5. The second-order valence-corrected chi connectivity index (χ2v) is 36.8. The minimum Gasteiger partial charge on any atom is -0.458 e. The highest BCUT2D eigenvalue weighted by molar-refractivity contribution is 9.11. The number of hydrogen-bond donors (Lipinski definition) is 1. The smallest absolute Gasteiger partial charge is 0.338 e. The first-order valence-corrected chi connectivity index (χ1v) is 31.3. The number of aliphatic hydroxyl groups excluding tert-OH is 1. The fourth-order valence-electron chi connectivity index (χ4n) is 6.75. The summed E-state index contributed by atoms with van der Waals surface area (Å²) in [6.07, 6.45) is 5.51. The molecular weight excluding hydrogens is 845 g/mol. The summed E-state index contributed by atoms with van der Waals surface area (Å²) in [5.41, 5.74) is 0.489. The molecule has 3 rings (SSSR count). The van der Waals surface area contributed by atoms with Gasteiger partial charge in [-0.25, -0.2) is 4.79 Å². The quantitative estimate of drug-likeness (QED) is 0.0884. The Labute approximate surface area is 365 Å². The van der Waals surface area contributed by atoms with Crippen LogP contribution >= 0.6 is 15.9 Å². The van der Waals surface area contributed by atoms with Gasteiger partial charge in [0.05, 0.1) is 30.0 Å². The average molecular weight is 926 g/mol. The third kappa shape index (κ3) is 14.0. The van der Waals surface area contributed by atoms with Crippen molar-refractivity contribution in [2.45, 2.75) is 224 Å². The number of carbonyl (C=O) groups excluding carboxylic acids is 1. The van der Waals surface area contributed by atoms with E-state index >= 15 is 0 Å². The van der Waals surface area contributed by atoms with E-state index in [4.69, 9.17) is 27.5 Å². The van der Waals surface area contributed by atoms with E-state index in [1.165, 1.54) is 0 Å². The Morgan fingerprint density at radius 3 is 1.91 bits per heavy atom. The molecule has 9 atom stereocenters. The van der Waals surface area contributed by atoms with E-state index in [1.54, 1.807) is 12.1 Å². The summed E-state index contributed by atoms with van der Waals surface area (Å²) >= 11 is 3.46. The van der Waals surface area contributed by atoms with Crippen LogP contribution in [0, 0.1) is 0 Å². The maximum absolute atomic E-state index is 13.0. The third-order valence-corrected chi connectivity index (χ3v) is 27.2. The molecule has 2 aliphatic heterocycles. The zero-order valence-corrected chi connectivity index (χ0v) is 43.7. The molecule has 0 spiro atoms. The number of carbonyl (C=O) groups is 1. The van der Waals surface area contributed by atoms with Crippen LogP contribution in [-0.4, -0.2) is 91.0 Å². The minimum atomic E-state index is -2.42. The summed E-state index contributed by atoms with van der Waals surface area (Å²) in [4.78, 5) is 13.0. The van der Waals surface area contributed by atoms with Crippen molar-refractivity contribution in [3.05, 3.63) is 59.1 Å². The van der Waals surface area contributed by atoms with Crippen LogP contribution in [0.25, 0.3) is 0 Å². The Bertz CT molecular complexity index is 1500. The fourth-order valence-corrected chi connectivity index (χ4v) is 11.0. The molecule has 2 fully saturated rings. The summed E-state index contributed by atoms with van der Waals surface area (Å²) in [6.45, 7) is 40.4. The van der Waals surface area contributed by atoms with Gasteiger partial charge in [0.15, 0.2) is 25.0 Å². The van der Waals surface area contributed by atoms with E-state index in [0.717, 1.165) is 30.2 Å². The molecule has 332 valence electrons. The molecule has 12 heteroatoms. The fraction of sp³-hybridized carbons (Fsp3) is 0.761. The van der Waals surface area contributed by atoms with Gasteiger partial charge < -0.3 is 32.6 Å². The van der Waals surface area contributed by atoms with E-state index in [-0.39, 0.29) is 39.5 Å². The third-order valence-electron chi connectivity index (χ3n) is 13.5. The van der Waals surface area contributed by atoms with Crippen molar-refractivity contribution in [2.75, 3.05) is 0 Å². The van der Waals surface area contributed by atoms with Gasteiger partial charge in [-0.2, -0.15) is 0 Å². The summed E-state index contributed by atoms with van der Waals surface area (Å²) in [5, 5.41) is 11.4. The highest BCUT2D eigenvalue weighted by Gasteiger charge is 2.57. The normalized spacial score (nSPS) is 25.6. The molecule has 1 aromatic carbocycles. The molecule has 2 heterocycles. The van der Waals surface area contributed by atoms with Gasteiger partial charge in [0, 0.05) is 6.42 Å². The van der Waals surface area contributed by atoms with Crippen LogP contribution in [0.4, 0.5) is 0 Å². The van der Waals surface area contributed by atoms with Gasteiger partial charge in [-0.15, -0.1) is 0 Å². The number of hydrogen-bond acceptors (Lipinski definition) is 8. The van der Waals surface area contributed by atoms with Crippen LogP contribution in [0.5, 0.6) is 0 Å². The number of benzene rings is 1. The first kappa shape index (κ1) is 51.4. The Kier molecular flexibility index (Phi) is 18.2.